The molecule has 0 saturated carbocycles. The van der Waals surface area contributed by atoms with Gasteiger partial charge in [0.05, 0.1) is 5.69 Å². The van der Waals surface area contributed by atoms with Crippen molar-refractivity contribution in [1.29, 1.82) is 0 Å². The molecule has 0 aromatic heterocycles. The number of rotatable bonds is 4. The van der Waals surface area contributed by atoms with Crippen molar-refractivity contribution in [3.63, 3.8) is 0 Å². The standard InChI is InChI=1S/C43H38BN/c1-24(2)33-22-34(25(3)4)29-20-21-32-40(23-35(26(5)6)30-19-18-28(33)41(29)42(30)32)45-38-16-10-9-15-37(38)44-36-14-8-7-12-27(36)31-13-11-17-39(45)43(31)44/h7-26H,1-6H3. The first-order valence-electron chi connectivity index (χ1n) is 16.7. The van der Waals surface area contributed by atoms with Crippen LogP contribution in [0.25, 0.3) is 43.4 Å². The SMILES string of the molecule is CC(C)c1cc(C(C)C)c2ccc3c(N4c5ccccc5B5c6ccccc6-c6cccc4c65)cc(C(C)C)c4ccc1c2c43. The molecular weight excluding hydrogens is 541 g/mol. The summed E-state index contributed by atoms with van der Waals surface area (Å²) in [4.78, 5) is 2.60. The van der Waals surface area contributed by atoms with Crippen LogP contribution in [0, 0.1) is 0 Å². The lowest BCUT2D eigenvalue weighted by Gasteiger charge is -2.37. The van der Waals surface area contributed by atoms with Gasteiger partial charge < -0.3 is 4.90 Å². The van der Waals surface area contributed by atoms with Crippen LogP contribution < -0.4 is 21.3 Å². The summed E-state index contributed by atoms with van der Waals surface area (Å²) in [6.45, 7) is 14.3. The summed E-state index contributed by atoms with van der Waals surface area (Å²) in [5.41, 5.74) is 15.2. The lowest BCUT2D eigenvalue weighted by Crippen LogP contribution is -2.54. The van der Waals surface area contributed by atoms with Crippen LogP contribution in [-0.4, -0.2) is 6.71 Å². The molecule has 0 spiro atoms. The molecule has 0 radical (unpaired) electrons. The topological polar surface area (TPSA) is 3.24 Å². The Morgan fingerprint density at radius 2 is 0.956 bits per heavy atom. The molecule has 45 heavy (non-hydrogen) atoms. The number of benzene rings is 7. The zero-order valence-electron chi connectivity index (χ0n) is 27.1. The molecule has 0 amide bonds. The number of hydrogen-bond donors (Lipinski definition) is 0. The highest BCUT2D eigenvalue weighted by Gasteiger charge is 2.42. The van der Waals surface area contributed by atoms with Crippen LogP contribution in [0.3, 0.4) is 0 Å². The van der Waals surface area contributed by atoms with E-state index in [9.17, 15) is 0 Å². The van der Waals surface area contributed by atoms with E-state index in [1.54, 1.807) is 0 Å². The van der Waals surface area contributed by atoms with Crippen LogP contribution in [0.4, 0.5) is 17.1 Å². The second-order valence-corrected chi connectivity index (χ2v) is 14.2. The fourth-order valence-electron chi connectivity index (χ4n) is 8.76. The van der Waals surface area contributed by atoms with Gasteiger partial charge in [0.1, 0.15) is 0 Å². The highest BCUT2D eigenvalue weighted by Crippen LogP contribution is 2.49. The molecule has 0 saturated heterocycles. The van der Waals surface area contributed by atoms with E-state index < -0.39 is 0 Å². The van der Waals surface area contributed by atoms with Crippen molar-refractivity contribution in [2.45, 2.75) is 59.3 Å². The molecule has 2 heterocycles. The Kier molecular flexibility index (Phi) is 5.65. The first-order chi connectivity index (χ1) is 21.8. The predicted octanol–water partition coefficient (Wildman–Crippen LogP) is 10.2. The molecule has 0 bridgehead atoms. The average Bonchev–Trinajstić information content (AvgIpc) is 3.39. The third kappa shape index (κ3) is 3.51. The van der Waals surface area contributed by atoms with E-state index >= 15 is 0 Å². The van der Waals surface area contributed by atoms with Crippen LogP contribution in [-0.2, 0) is 0 Å². The van der Waals surface area contributed by atoms with Gasteiger partial charge in [0.15, 0.2) is 0 Å². The van der Waals surface area contributed by atoms with Crippen molar-refractivity contribution >= 4 is 72.5 Å². The molecule has 218 valence electrons. The second-order valence-electron chi connectivity index (χ2n) is 14.2. The quantitative estimate of drug-likeness (QED) is 0.148. The molecule has 0 atom stereocenters. The van der Waals surface area contributed by atoms with Gasteiger partial charge in [0, 0.05) is 16.8 Å². The molecule has 7 aromatic carbocycles. The van der Waals surface area contributed by atoms with Crippen LogP contribution in [0.5, 0.6) is 0 Å². The minimum atomic E-state index is 0.256. The van der Waals surface area contributed by atoms with Crippen molar-refractivity contribution in [1.82, 2.24) is 0 Å². The molecule has 0 N–H and O–H groups in total. The Bertz CT molecular complexity index is 2300. The maximum Gasteiger partial charge on any atom is 0.248 e. The average molecular weight is 580 g/mol. The van der Waals surface area contributed by atoms with Crippen molar-refractivity contribution in [2.24, 2.45) is 0 Å². The number of para-hydroxylation sites is 1. The largest absolute Gasteiger partial charge is 0.311 e. The Hall–Kier alpha value is -4.56. The van der Waals surface area contributed by atoms with Crippen LogP contribution in [0.15, 0.2) is 103 Å². The minimum Gasteiger partial charge on any atom is -0.311 e. The van der Waals surface area contributed by atoms with E-state index in [1.165, 1.54) is 93.6 Å². The van der Waals surface area contributed by atoms with E-state index in [1.807, 2.05) is 0 Å². The molecule has 9 rings (SSSR count). The number of nitrogens with zero attached hydrogens (tertiary/aromatic N) is 1. The van der Waals surface area contributed by atoms with Gasteiger partial charge in [-0.15, -0.1) is 0 Å². The maximum absolute atomic E-state index is 2.60. The van der Waals surface area contributed by atoms with E-state index in [0.717, 1.165) is 0 Å². The van der Waals surface area contributed by atoms with Gasteiger partial charge in [0.2, 0.25) is 6.71 Å². The Morgan fingerprint density at radius 1 is 0.444 bits per heavy atom. The van der Waals surface area contributed by atoms with E-state index in [-0.39, 0.29) is 6.71 Å². The molecule has 7 aromatic rings. The summed E-state index contributed by atoms with van der Waals surface area (Å²) in [7, 11) is 0. The minimum absolute atomic E-state index is 0.256. The van der Waals surface area contributed by atoms with Gasteiger partial charge in [-0.1, -0.05) is 132 Å². The summed E-state index contributed by atoms with van der Waals surface area (Å²) in [6.07, 6.45) is 0. The van der Waals surface area contributed by atoms with Crippen molar-refractivity contribution < 1.29 is 0 Å². The van der Waals surface area contributed by atoms with Gasteiger partial charge in [-0.25, -0.2) is 0 Å². The molecule has 1 nitrogen and oxygen atoms in total. The lowest BCUT2D eigenvalue weighted by atomic mass is 9.37. The van der Waals surface area contributed by atoms with Crippen molar-refractivity contribution in [2.75, 3.05) is 4.90 Å². The van der Waals surface area contributed by atoms with Crippen molar-refractivity contribution in [3.05, 3.63) is 120 Å². The first-order valence-corrected chi connectivity index (χ1v) is 16.7. The fourth-order valence-corrected chi connectivity index (χ4v) is 8.76. The summed E-state index contributed by atoms with van der Waals surface area (Å²) in [5.74, 6) is 1.30. The van der Waals surface area contributed by atoms with Crippen LogP contribution in [0.1, 0.15) is 76.0 Å². The molecular formula is C43H38BN. The van der Waals surface area contributed by atoms with Gasteiger partial charge in [-0.2, -0.15) is 0 Å². The highest BCUT2D eigenvalue weighted by molar-refractivity contribution is 7.01. The normalized spacial score (nSPS) is 13.6. The Morgan fingerprint density at radius 3 is 1.62 bits per heavy atom. The van der Waals surface area contributed by atoms with Crippen LogP contribution in [0.2, 0.25) is 0 Å². The number of hydrogen-bond acceptors (Lipinski definition) is 1. The maximum atomic E-state index is 2.60. The number of anilines is 3. The smallest absolute Gasteiger partial charge is 0.248 e. The molecule has 0 aliphatic carbocycles. The van der Waals surface area contributed by atoms with Gasteiger partial charge in [-0.3, -0.25) is 0 Å². The van der Waals surface area contributed by atoms with Crippen LogP contribution >= 0.6 is 0 Å². The molecule has 0 fully saturated rings. The molecule has 2 aliphatic heterocycles. The molecule has 0 unspecified atom stereocenters. The first kappa shape index (κ1) is 26.8. The molecule has 2 aliphatic rings. The highest BCUT2D eigenvalue weighted by atomic mass is 15.2. The third-order valence-electron chi connectivity index (χ3n) is 10.7. The summed E-state index contributed by atoms with van der Waals surface area (Å²) in [5, 5.41) is 8.41. The second kappa shape index (κ2) is 9.47. The molecule has 2 heteroatoms. The monoisotopic (exact) mass is 579 g/mol. The Labute approximate surface area is 266 Å². The van der Waals surface area contributed by atoms with Gasteiger partial charge >= 0.3 is 0 Å². The Balaban J connectivity index is 1.44. The van der Waals surface area contributed by atoms with E-state index in [2.05, 4.69) is 150 Å². The number of fused-ring (bicyclic) bond motifs is 5. The predicted molar refractivity (Wildman–Crippen MR) is 197 cm³/mol. The van der Waals surface area contributed by atoms with Gasteiger partial charge in [-0.05, 0) is 102 Å². The summed E-state index contributed by atoms with van der Waals surface area (Å²) >= 11 is 0. The van der Waals surface area contributed by atoms with Gasteiger partial charge in [0.25, 0.3) is 0 Å². The lowest BCUT2D eigenvalue weighted by molar-refractivity contribution is 0.847. The zero-order valence-corrected chi connectivity index (χ0v) is 27.1. The fraction of sp³-hybridized carbons (Fsp3) is 0.209. The third-order valence-corrected chi connectivity index (χ3v) is 10.7. The van der Waals surface area contributed by atoms with E-state index in [4.69, 9.17) is 0 Å². The van der Waals surface area contributed by atoms with Crippen molar-refractivity contribution in [3.8, 4) is 11.1 Å². The summed E-state index contributed by atoms with van der Waals surface area (Å²) in [6, 6.07) is 39.8. The summed E-state index contributed by atoms with van der Waals surface area (Å²) < 4.78 is 0. The van der Waals surface area contributed by atoms with E-state index in [0.29, 0.717) is 17.8 Å². The zero-order chi connectivity index (χ0) is 30.7.